The molecule has 1 heterocycles. The van der Waals surface area contributed by atoms with Crippen molar-refractivity contribution in [3.05, 3.63) is 45.7 Å². The van der Waals surface area contributed by atoms with Crippen LogP contribution in [0.4, 0.5) is 20.2 Å². The minimum Gasteiger partial charge on any atom is -0.397 e. The van der Waals surface area contributed by atoms with Gasteiger partial charge < -0.3 is 11.1 Å². The fraction of sp³-hybridized carbons (Fsp3) is 0.267. The number of nitrogen functional groups attached to an aromatic ring is 1. The monoisotopic (exact) mass is 308 g/mol. The van der Waals surface area contributed by atoms with Crippen LogP contribution >= 0.6 is 11.3 Å². The van der Waals surface area contributed by atoms with Crippen molar-refractivity contribution in [3.63, 3.8) is 0 Å². The first-order valence-corrected chi connectivity index (χ1v) is 7.56. The van der Waals surface area contributed by atoms with E-state index >= 15 is 0 Å². The van der Waals surface area contributed by atoms with Crippen molar-refractivity contribution in [2.45, 2.75) is 25.2 Å². The zero-order chi connectivity index (χ0) is 15.0. The Morgan fingerprint density at radius 1 is 1.38 bits per heavy atom. The van der Waals surface area contributed by atoms with E-state index in [9.17, 15) is 13.6 Å². The number of nitrogens with two attached hydrogens (primary N) is 1. The second-order valence-corrected chi connectivity index (χ2v) is 6.09. The highest BCUT2D eigenvalue weighted by Crippen LogP contribution is 2.36. The normalized spacial score (nSPS) is 17.3. The predicted molar refractivity (Wildman–Crippen MR) is 79.4 cm³/mol. The summed E-state index contributed by atoms with van der Waals surface area (Å²) in [6.45, 7) is 0. The number of anilines is 2. The number of fused-ring (bicyclic) bond motifs is 1. The molecule has 3 nitrogen and oxygen atoms in total. The van der Waals surface area contributed by atoms with E-state index in [0.29, 0.717) is 6.07 Å². The van der Waals surface area contributed by atoms with Crippen LogP contribution in [0.3, 0.4) is 0 Å². The van der Waals surface area contributed by atoms with E-state index in [0.717, 1.165) is 30.9 Å². The smallest absolute Gasteiger partial charge is 0.232 e. The molecular formula is C15H14F2N2OS. The topological polar surface area (TPSA) is 55.1 Å². The Bertz CT molecular complexity index is 676. The number of carbonyl (C=O) groups excluding carboxylic acids is 1. The fourth-order valence-electron chi connectivity index (χ4n) is 2.69. The minimum absolute atomic E-state index is 0.109. The summed E-state index contributed by atoms with van der Waals surface area (Å²) in [6.07, 6.45) is 2.62. The van der Waals surface area contributed by atoms with Gasteiger partial charge in [0.1, 0.15) is 11.5 Å². The van der Waals surface area contributed by atoms with E-state index in [-0.39, 0.29) is 23.2 Å². The molecule has 3 N–H and O–H groups in total. The molecule has 1 aliphatic carbocycles. The maximum atomic E-state index is 13.7. The van der Waals surface area contributed by atoms with Crippen LogP contribution in [0, 0.1) is 11.6 Å². The Morgan fingerprint density at radius 2 is 2.19 bits per heavy atom. The highest BCUT2D eigenvalue weighted by atomic mass is 32.1. The molecule has 0 fully saturated rings. The molecule has 0 saturated heterocycles. The quantitative estimate of drug-likeness (QED) is 0.832. The molecule has 1 aromatic heterocycles. The van der Waals surface area contributed by atoms with Crippen molar-refractivity contribution in [1.29, 1.82) is 0 Å². The van der Waals surface area contributed by atoms with Crippen molar-refractivity contribution >= 4 is 28.6 Å². The lowest BCUT2D eigenvalue weighted by Gasteiger charge is -2.22. The van der Waals surface area contributed by atoms with Crippen LogP contribution in [-0.4, -0.2) is 5.91 Å². The van der Waals surface area contributed by atoms with Crippen molar-refractivity contribution < 1.29 is 13.6 Å². The molecule has 110 valence electrons. The highest BCUT2D eigenvalue weighted by Gasteiger charge is 2.28. The highest BCUT2D eigenvalue weighted by molar-refractivity contribution is 7.10. The molecule has 1 amide bonds. The van der Waals surface area contributed by atoms with Gasteiger partial charge in [-0.25, -0.2) is 8.78 Å². The van der Waals surface area contributed by atoms with Crippen LogP contribution in [0.5, 0.6) is 0 Å². The van der Waals surface area contributed by atoms with Gasteiger partial charge in [0.05, 0.1) is 11.6 Å². The standard InChI is InChI=1S/C15H14F2N2OS/c16-8-6-11(17)14(12(18)7-8)19-15(20)10-2-1-3-13-9(10)4-5-21-13/h4-7,10H,1-3,18H2,(H,19,20). The summed E-state index contributed by atoms with van der Waals surface area (Å²) in [6, 6.07) is 3.65. The van der Waals surface area contributed by atoms with Gasteiger partial charge in [-0.3, -0.25) is 4.79 Å². The fourth-order valence-corrected chi connectivity index (χ4v) is 3.68. The number of benzene rings is 1. The van der Waals surface area contributed by atoms with Crippen molar-refractivity contribution in [2.24, 2.45) is 0 Å². The summed E-state index contributed by atoms with van der Waals surface area (Å²) in [7, 11) is 0. The largest absolute Gasteiger partial charge is 0.397 e. The van der Waals surface area contributed by atoms with Crippen LogP contribution in [-0.2, 0) is 11.2 Å². The summed E-state index contributed by atoms with van der Waals surface area (Å²) in [5.41, 5.74) is 6.33. The molecule has 6 heteroatoms. The molecule has 0 aliphatic heterocycles. The first kappa shape index (κ1) is 14.0. The van der Waals surface area contributed by atoms with Gasteiger partial charge in [0.25, 0.3) is 0 Å². The Morgan fingerprint density at radius 3 is 2.95 bits per heavy atom. The molecule has 1 aliphatic rings. The molecule has 0 saturated carbocycles. The summed E-state index contributed by atoms with van der Waals surface area (Å²) in [4.78, 5) is 13.6. The number of amides is 1. The molecule has 1 atom stereocenters. The number of thiophene rings is 1. The maximum Gasteiger partial charge on any atom is 0.232 e. The van der Waals surface area contributed by atoms with Crippen LogP contribution in [0.1, 0.15) is 29.2 Å². The molecule has 0 spiro atoms. The van der Waals surface area contributed by atoms with Gasteiger partial charge in [0, 0.05) is 10.9 Å². The van der Waals surface area contributed by atoms with Gasteiger partial charge in [-0.05, 0) is 42.3 Å². The molecule has 1 unspecified atom stereocenters. The number of halogens is 2. The summed E-state index contributed by atoms with van der Waals surface area (Å²) in [5, 5.41) is 4.47. The van der Waals surface area contributed by atoms with Gasteiger partial charge in [-0.1, -0.05) is 0 Å². The Balaban J connectivity index is 1.86. The molecular weight excluding hydrogens is 294 g/mol. The summed E-state index contributed by atoms with van der Waals surface area (Å²) in [5.74, 6) is -2.22. The Kier molecular flexibility index (Phi) is 3.63. The third-order valence-electron chi connectivity index (χ3n) is 3.70. The molecule has 0 bridgehead atoms. The van der Waals surface area contributed by atoms with E-state index in [2.05, 4.69) is 5.32 Å². The minimum atomic E-state index is -0.859. The lowest BCUT2D eigenvalue weighted by atomic mass is 9.87. The van der Waals surface area contributed by atoms with Crippen LogP contribution in [0.15, 0.2) is 23.6 Å². The van der Waals surface area contributed by atoms with Gasteiger partial charge in [-0.2, -0.15) is 0 Å². The number of nitrogens with one attached hydrogen (secondary N) is 1. The van der Waals surface area contributed by atoms with Crippen LogP contribution in [0.25, 0.3) is 0 Å². The van der Waals surface area contributed by atoms with Crippen LogP contribution in [0.2, 0.25) is 0 Å². The number of rotatable bonds is 2. The summed E-state index contributed by atoms with van der Waals surface area (Å²) >= 11 is 1.63. The van der Waals surface area contributed by atoms with E-state index in [1.165, 1.54) is 4.88 Å². The lowest BCUT2D eigenvalue weighted by molar-refractivity contribution is -0.117. The zero-order valence-corrected chi connectivity index (χ0v) is 12.0. The average Bonchev–Trinajstić information content (AvgIpc) is 2.90. The molecule has 21 heavy (non-hydrogen) atoms. The third-order valence-corrected chi connectivity index (χ3v) is 4.70. The molecule has 2 aromatic rings. The lowest BCUT2D eigenvalue weighted by Crippen LogP contribution is -2.24. The summed E-state index contributed by atoms with van der Waals surface area (Å²) < 4.78 is 26.8. The first-order chi connectivity index (χ1) is 10.1. The van der Waals surface area contributed by atoms with Gasteiger partial charge in [0.15, 0.2) is 5.82 Å². The predicted octanol–water partition coefficient (Wildman–Crippen LogP) is 3.67. The number of hydrogen-bond acceptors (Lipinski definition) is 3. The number of hydrogen-bond donors (Lipinski definition) is 2. The van der Waals surface area contributed by atoms with Crippen molar-refractivity contribution in [2.75, 3.05) is 11.1 Å². The zero-order valence-electron chi connectivity index (χ0n) is 11.2. The van der Waals surface area contributed by atoms with Gasteiger partial charge in [0.2, 0.25) is 5.91 Å². The van der Waals surface area contributed by atoms with E-state index in [1.54, 1.807) is 11.3 Å². The maximum absolute atomic E-state index is 13.7. The molecule has 0 radical (unpaired) electrons. The Labute approximate surface area is 124 Å². The number of carbonyl (C=O) groups is 1. The van der Waals surface area contributed by atoms with E-state index in [4.69, 9.17) is 5.73 Å². The average molecular weight is 308 g/mol. The van der Waals surface area contributed by atoms with Gasteiger partial charge >= 0.3 is 0 Å². The number of aryl methyl sites for hydroxylation is 1. The van der Waals surface area contributed by atoms with E-state index < -0.39 is 11.6 Å². The van der Waals surface area contributed by atoms with Crippen molar-refractivity contribution in [3.8, 4) is 0 Å². The second kappa shape index (κ2) is 5.44. The SMILES string of the molecule is Nc1cc(F)cc(F)c1NC(=O)C1CCCc2sccc21. The first-order valence-electron chi connectivity index (χ1n) is 6.68. The van der Waals surface area contributed by atoms with Gasteiger partial charge in [-0.15, -0.1) is 11.3 Å². The van der Waals surface area contributed by atoms with E-state index in [1.807, 2.05) is 11.4 Å². The Hall–Kier alpha value is -1.95. The van der Waals surface area contributed by atoms with Crippen molar-refractivity contribution in [1.82, 2.24) is 0 Å². The molecule has 3 rings (SSSR count). The molecule has 1 aromatic carbocycles. The third kappa shape index (κ3) is 2.63. The van der Waals surface area contributed by atoms with Crippen LogP contribution < -0.4 is 11.1 Å². The second-order valence-electron chi connectivity index (χ2n) is 5.09.